The molecule has 1 aliphatic heterocycles. The number of halogens is 1. The van der Waals surface area contributed by atoms with Crippen LogP contribution in [0.25, 0.3) is 0 Å². The molecule has 0 bridgehead atoms. The largest absolute Gasteiger partial charge is 0.317 e. The summed E-state index contributed by atoms with van der Waals surface area (Å²) in [5, 5.41) is 4.00. The van der Waals surface area contributed by atoms with E-state index in [0.29, 0.717) is 11.2 Å². The fourth-order valence-corrected chi connectivity index (χ4v) is 2.70. The van der Waals surface area contributed by atoms with Crippen molar-refractivity contribution in [3.05, 3.63) is 29.0 Å². The van der Waals surface area contributed by atoms with Gasteiger partial charge in [-0.3, -0.25) is 4.90 Å². The molecule has 0 amide bonds. The van der Waals surface area contributed by atoms with Crippen molar-refractivity contribution < 1.29 is 0 Å². The predicted molar refractivity (Wildman–Crippen MR) is 75.8 cm³/mol. The van der Waals surface area contributed by atoms with E-state index in [1.165, 1.54) is 24.8 Å². The van der Waals surface area contributed by atoms with Gasteiger partial charge in [0.1, 0.15) is 5.15 Å². The first-order valence-electron chi connectivity index (χ1n) is 6.85. The first-order valence-corrected chi connectivity index (χ1v) is 7.22. The third kappa shape index (κ3) is 3.94. The molecule has 0 radical (unpaired) electrons. The number of hydrogen-bond donors (Lipinski definition) is 1. The third-order valence-corrected chi connectivity index (χ3v) is 3.73. The summed E-state index contributed by atoms with van der Waals surface area (Å²) in [4.78, 5) is 6.75. The molecule has 18 heavy (non-hydrogen) atoms. The van der Waals surface area contributed by atoms with E-state index in [1.54, 1.807) is 0 Å². The van der Waals surface area contributed by atoms with Gasteiger partial charge in [0.15, 0.2) is 0 Å². The molecule has 0 unspecified atom stereocenters. The van der Waals surface area contributed by atoms with Gasteiger partial charge in [-0.25, -0.2) is 4.98 Å². The van der Waals surface area contributed by atoms with Crippen LogP contribution in [0.4, 0.5) is 0 Å². The highest BCUT2D eigenvalue weighted by Crippen LogP contribution is 2.16. The minimum Gasteiger partial charge on any atom is -0.317 e. The molecule has 1 aliphatic rings. The average molecular weight is 268 g/mol. The van der Waals surface area contributed by atoms with Gasteiger partial charge in [0.05, 0.1) is 0 Å². The first kappa shape index (κ1) is 13.8. The Hall–Kier alpha value is -0.640. The van der Waals surface area contributed by atoms with Crippen LogP contribution in [0, 0.1) is 0 Å². The second kappa shape index (κ2) is 7.07. The molecule has 0 atom stereocenters. The molecule has 0 spiro atoms. The SMILES string of the molecule is CCCN(Cc1ccc(Cl)nc1)C1CCNCC1. The standard InChI is InChI=1S/C14H22ClN3/c1-2-9-18(13-5-7-16-8-6-13)11-12-3-4-14(15)17-10-12/h3-4,10,13,16H,2,5-9,11H2,1H3. The first-order chi connectivity index (χ1) is 8.79. The Balaban J connectivity index is 1.98. The summed E-state index contributed by atoms with van der Waals surface area (Å²) >= 11 is 5.83. The third-order valence-electron chi connectivity index (χ3n) is 3.51. The minimum absolute atomic E-state index is 0.572. The van der Waals surface area contributed by atoms with E-state index in [-0.39, 0.29) is 0 Å². The molecule has 0 saturated carbocycles. The summed E-state index contributed by atoms with van der Waals surface area (Å²) in [6.45, 7) is 6.68. The summed E-state index contributed by atoms with van der Waals surface area (Å²) < 4.78 is 0. The summed E-state index contributed by atoms with van der Waals surface area (Å²) in [5.41, 5.74) is 1.26. The molecule has 1 saturated heterocycles. The van der Waals surface area contributed by atoms with Crippen LogP contribution in [0.5, 0.6) is 0 Å². The number of aromatic nitrogens is 1. The number of nitrogens with one attached hydrogen (secondary N) is 1. The normalized spacial score (nSPS) is 17.3. The maximum atomic E-state index is 5.83. The van der Waals surface area contributed by atoms with E-state index in [1.807, 2.05) is 12.3 Å². The molecule has 2 rings (SSSR count). The highest BCUT2D eigenvalue weighted by molar-refractivity contribution is 6.29. The van der Waals surface area contributed by atoms with Gasteiger partial charge in [0, 0.05) is 18.8 Å². The van der Waals surface area contributed by atoms with E-state index in [2.05, 4.69) is 28.2 Å². The lowest BCUT2D eigenvalue weighted by atomic mass is 10.0. The van der Waals surface area contributed by atoms with E-state index in [9.17, 15) is 0 Å². The lowest BCUT2D eigenvalue weighted by molar-refractivity contribution is 0.154. The van der Waals surface area contributed by atoms with Crippen LogP contribution >= 0.6 is 11.6 Å². The molecule has 4 heteroatoms. The Kier molecular flexibility index (Phi) is 5.42. The molecule has 2 heterocycles. The van der Waals surface area contributed by atoms with Crippen LogP contribution in [0.2, 0.25) is 5.15 Å². The van der Waals surface area contributed by atoms with Gasteiger partial charge in [-0.15, -0.1) is 0 Å². The van der Waals surface area contributed by atoms with Gasteiger partial charge in [-0.2, -0.15) is 0 Å². The molecule has 0 aromatic carbocycles. The van der Waals surface area contributed by atoms with Gasteiger partial charge in [0.2, 0.25) is 0 Å². The fourth-order valence-electron chi connectivity index (χ4n) is 2.58. The Morgan fingerprint density at radius 1 is 1.39 bits per heavy atom. The van der Waals surface area contributed by atoms with Gasteiger partial charge in [-0.1, -0.05) is 24.6 Å². The van der Waals surface area contributed by atoms with E-state index >= 15 is 0 Å². The summed E-state index contributed by atoms with van der Waals surface area (Å²) in [6.07, 6.45) is 5.60. The molecule has 100 valence electrons. The zero-order valence-electron chi connectivity index (χ0n) is 11.0. The molecule has 1 aromatic rings. The number of nitrogens with zero attached hydrogens (tertiary/aromatic N) is 2. The maximum Gasteiger partial charge on any atom is 0.129 e. The number of piperidine rings is 1. The minimum atomic E-state index is 0.572. The summed E-state index contributed by atoms with van der Waals surface area (Å²) in [5.74, 6) is 0. The molecular weight excluding hydrogens is 246 g/mol. The quantitative estimate of drug-likeness (QED) is 0.832. The Labute approximate surface area is 115 Å². The number of hydrogen-bond acceptors (Lipinski definition) is 3. The molecule has 1 fully saturated rings. The Morgan fingerprint density at radius 3 is 2.78 bits per heavy atom. The lowest BCUT2D eigenvalue weighted by Gasteiger charge is -2.34. The second-order valence-corrected chi connectivity index (χ2v) is 5.33. The monoisotopic (exact) mass is 267 g/mol. The molecular formula is C14H22ClN3. The van der Waals surface area contributed by atoms with Crippen molar-refractivity contribution in [2.75, 3.05) is 19.6 Å². The van der Waals surface area contributed by atoms with Crippen LogP contribution in [0.3, 0.4) is 0 Å². The van der Waals surface area contributed by atoms with Crippen molar-refractivity contribution in [2.24, 2.45) is 0 Å². The smallest absolute Gasteiger partial charge is 0.129 e. The molecule has 1 aromatic heterocycles. The van der Waals surface area contributed by atoms with E-state index in [0.717, 1.165) is 26.2 Å². The highest BCUT2D eigenvalue weighted by atomic mass is 35.5. The van der Waals surface area contributed by atoms with Crippen LogP contribution in [-0.2, 0) is 6.54 Å². The zero-order chi connectivity index (χ0) is 12.8. The van der Waals surface area contributed by atoms with Crippen molar-refractivity contribution in [3.63, 3.8) is 0 Å². The molecule has 1 N–H and O–H groups in total. The van der Waals surface area contributed by atoms with E-state index in [4.69, 9.17) is 11.6 Å². The maximum absolute atomic E-state index is 5.83. The van der Waals surface area contributed by atoms with Crippen LogP contribution in [0.1, 0.15) is 31.7 Å². The van der Waals surface area contributed by atoms with E-state index < -0.39 is 0 Å². The fraction of sp³-hybridized carbons (Fsp3) is 0.643. The van der Waals surface area contributed by atoms with Crippen molar-refractivity contribution in [1.29, 1.82) is 0 Å². The van der Waals surface area contributed by atoms with Gasteiger partial charge in [-0.05, 0) is 50.5 Å². The zero-order valence-corrected chi connectivity index (χ0v) is 11.8. The highest BCUT2D eigenvalue weighted by Gasteiger charge is 2.20. The van der Waals surface area contributed by atoms with Gasteiger partial charge < -0.3 is 5.32 Å². The predicted octanol–water partition coefficient (Wildman–Crippen LogP) is 2.70. The van der Waals surface area contributed by atoms with Crippen LogP contribution in [-0.4, -0.2) is 35.6 Å². The number of rotatable bonds is 5. The lowest BCUT2D eigenvalue weighted by Crippen LogP contribution is -2.43. The van der Waals surface area contributed by atoms with Crippen LogP contribution in [0.15, 0.2) is 18.3 Å². The van der Waals surface area contributed by atoms with Crippen molar-refractivity contribution in [1.82, 2.24) is 15.2 Å². The van der Waals surface area contributed by atoms with Crippen LogP contribution < -0.4 is 5.32 Å². The number of pyridine rings is 1. The van der Waals surface area contributed by atoms with Crippen molar-refractivity contribution in [2.45, 2.75) is 38.8 Å². The summed E-state index contributed by atoms with van der Waals surface area (Å²) in [7, 11) is 0. The van der Waals surface area contributed by atoms with Gasteiger partial charge in [0.25, 0.3) is 0 Å². The Morgan fingerprint density at radius 2 is 2.17 bits per heavy atom. The van der Waals surface area contributed by atoms with Crippen molar-refractivity contribution >= 4 is 11.6 Å². The van der Waals surface area contributed by atoms with Gasteiger partial charge >= 0.3 is 0 Å². The Bertz CT molecular complexity index is 347. The summed E-state index contributed by atoms with van der Waals surface area (Å²) in [6, 6.07) is 4.67. The molecule has 3 nitrogen and oxygen atoms in total. The molecule has 0 aliphatic carbocycles. The topological polar surface area (TPSA) is 28.2 Å². The average Bonchev–Trinajstić information content (AvgIpc) is 2.42. The van der Waals surface area contributed by atoms with Crippen molar-refractivity contribution in [3.8, 4) is 0 Å². The second-order valence-electron chi connectivity index (χ2n) is 4.94.